The number of benzene rings is 3. The highest BCUT2D eigenvalue weighted by Gasteiger charge is 2.38. The van der Waals surface area contributed by atoms with Crippen LogP contribution in [-0.4, -0.2) is 9.55 Å². The SMILES string of the molecule is C=C/C=C/c1cn(C(c2ccccc2)(c2ccccc2)c2ccccc2)cn1. The summed E-state index contributed by atoms with van der Waals surface area (Å²) in [5.41, 5.74) is 3.93. The third-order valence-electron chi connectivity index (χ3n) is 4.97. The van der Waals surface area contributed by atoms with Crippen molar-refractivity contribution in [3.8, 4) is 0 Å². The van der Waals surface area contributed by atoms with Gasteiger partial charge >= 0.3 is 0 Å². The van der Waals surface area contributed by atoms with Gasteiger partial charge in [-0.2, -0.15) is 0 Å². The number of imidazole rings is 1. The number of allylic oxidation sites excluding steroid dienone is 2. The second kappa shape index (κ2) is 7.93. The lowest BCUT2D eigenvalue weighted by Crippen LogP contribution is -2.36. The topological polar surface area (TPSA) is 17.8 Å². The van der Waals surface area contributed by atoms with Crippen LogP contribution in [0.1, 0.15) is 22.4 Å². The summed E-state index contributed by atoms with van der Waals surface area (Å²) < 4.78 is 2.20. The van der Waals surface area contributed by atoms with Gasteiger partial charge in [-0.25, -0.2) is 4.98 Å². The van der Waals surface area contributed by atoms with E-state index in [2.05, 4.69) is 113 Å². The van der Waals surface area contributed by atoms with E-state index < -0.39 is 5.54 Å². The monoisotopic (exact) mass is 362 g/mol. The smallest absolute Gasteiger partial charge is 0.121 e. The van der Waals surface area contributed by atoms with Gasteiger partial charge in [-0.15, -0.1) is 0 Å². The Kier molecular flexibility index (Phi) is 5.03. The number of aromatic nitrogens is 2. The first-order chi connectivity index (χ1) is 13.9. The molecule has 3 aromatic carbocycles. The van der Waals surface area contributed by atoms with Crippen molar-refractivity contribution in [3.05, 3.63) is 145 Å². The molecule has 28 heavy (non-hydrogen) atoms. The second-order valence-corrected chi connectivity index (χ2v) is 6.61. The second-order valence-electron chi connectivity index (χ2n) is 6.61. The Morgan fingerprint density at radius 3 is 1.61 bits per heavy atom. The Hall–Kier alpha value is -3.65. The van der Waals surface area contributed by atoms with Gasteiger partial charge in [-0.1, -0.05) is 110 Å². The molecule has 2 heteroatoms. The number of rotatable bonds is 6. The van der Waals surface area contributed by atoms with Crippen molar-refractivity contribution in [3.63, 3.8) is 0 Å². The summed E-state index contributed by atoms with van der Waals surface area (Å²) >= 11 is 0. The molecular weight excluding hydrogens is 340 g/mol. The number of hydrogen-bond donors (Lipinski definition) is 0. The van der Waals surface area contributed by atoms with Gasteiger partial charge in [0.1, 0.15) is 5.54 Å². The van der Waals surface area contributed by atoms with Gasteiger partial charge in [0.15, 0.2) is 0 Å². The molecule has 0 atom stereocenters. The molecule has 136 valence electrons. The molecule has 2 nitrogen and oxygen atoms in total. The zero-order valence-electron chi connectivity index (χ0n) is 15.6. The third kappa shape index (κ3) is 3.10. The fourth-order valence-electron chi connectivity index (χ4n) is 3.76. The normalized spacial score (nSPS) is 11.6. The van der Waals surface area contributed by atoms with Crippen LogP contribution in [0.3, 0.4) is 0 Å². The van der Waals surface area contributed by atoms with Crippen molar-refractivity contribution in [2.75, 3.05) is 0 Å². The first kappa shape index (κ1) is 17.7. The summed E-state index contributed by atoms with van der Waals surface area (Å²) in [6.45, 7) is 3.75. The summed E-state index contributed by atoms with van der Waals surface area (Å²) in [7, 11) is 0. The molecule has 0 aliphatic carbocycles. The highest BCUT2D eigenvalue weighted by Crippen LogP contribution is 2.40. The molecule has 0 aliphatic heterocycles. The molecule has 0 radical (unpaired) electrons. The summed E-state index contributed by atoms with van der Waals surface area (Å²) in [5, 5.41) is 0. The quantitative estimate of drug-likeness (QED) is 0.307. The summed E-state index contributed by atoms with van der Waals surface area (Å²) in [6.07, 6.45) is 9.64. The maximum Gasteiger partial charge on any atom is 0.121 e. The molecule has 1 aromatic heterocycles. The van der Waals surface area contributed by atoms with E-state index in [1.807, 2.05) is 18.5 Å². The molecule has 4 rings (SSSR count). The lowest BCUT2D eigenvalue weighted by Gasteiger charge is -2.37. The lowest BCUT2D eigenvalue weighted by atomic mass is 9.77. The van der Waals surface area contributed by atoms with Gasteiger partial charge < -0.3 is 4.57 Å². The summed E-state index contributed by atoms with van der Waals surface area (Å²) in [5.74, 6) is 0. The average Bonchev–Trinajstić information content (AvgIpc) is 3.24. The molecule has 0 spiro atoms. The van der Waals surface area contributed by atoms with E-state index in [1.54, 1.807) is 6.08 Å². The van der Waals surface area contributed by atoms with Crippen molar-refractivity contribution >= 4 is 6.08 Å². The van der Waals surface area contributed by atoms with Crippen LogP contribution < -0.4 is 0 Å². The third-order valence-corrected chi connectivity index (χ3v) is 4.97. The molecular formula is C26H22N2. The highest BCUT2D eigenvalue weighted by atomic mass is 15.1. The molecule has 0 amide bonds. The van der Waals surface area contributed by atoms with Gasteiger partial charge in [0.05, 0.1) is 12.0 Å². The van der Waals surface area contributed by atoms with Gasteiger partial charge in [-0.05, 0) is 22.8 Å². The van der Waals surface area contributed by atoms with Crippen LogP contribution in [0.2, 0.25) is 0 Å². The molecule has 0 saturated carbocycles. The van der Waals surface area contributed by atoms with Crippen LogP contribution in [0.25, 0.3) is 6.08 Å². The predicted molar refractivity (Wildman–Crippen MR) is 116 cm³/mol. The summed E-state index contributed by atoms with van der Waals surface area (Å²) in [6, 6.07) is 31.8. The van der Waals surface area contributed by atoms with Crippen molar-refractivity contribution < 1.29 is 0 Å². The van der Waals surface area contributed by atoms with Crippen LogP contribution in [0.4, 0.5) is 0 Å². The first-order valence-corrected chi connectivity index (χ1v) is 9.36. The molecule has 4 aromatic rings. The van der Waals surface area contributed by atoms with Crippen molar-refractivity contribution in [2.45, 2.75) is 5.54 Å². The zero-order chi connectivity index (χ0) is 19.2. The van der Waals surface area contributed by atoms with Gasteiger partial charge in [-0.3, -0.25) is 0 Å². The van der Waals surface area contributed by atoms with E-state index in [9.17, 15) is 0 Å². The van der Waals surface area contributed by atoms with E-state index in [1.165, 1.54) is 16.7 Å². The first-order valence-electron chi connectivity index (χ1n) is 9.36. The van der Waals surface area contributed by atoms with Gasteiger partial charge in [0.25, 0.3) is 0 Å². The van der Waals surface area contributed by atoms with Crippen LogP contribution in [0, 0.1) is 0 Å². The van der Waals surface area contributed by atoms with Crippen molar-refractivity contribution in [1.29, 1.82) is 0 Å². The van der Waals surface area contributed by atoms with Gasteiger partial charge in [0.2, 0.25) is 0 Å². The van der Waals surface area contributed by atoms with Crippen molar-refractivity contribution in [1.82, 2.24) is 9.55 Å². The Balaban J connectivity index is 2.06. The van der Waals surface area contributed by atoms with E-state index in [0.717, 1.165) is 5.69 Å². The van der Waals surface area contributed by atoms with Crippen molar-refractivity contribution in [2.24, 2.45) is 0 Å². The zero-order valence-corrected chi connectivity index (χ0v) is 15.6. The lowest BCUT2D eigenvalue weighted by molar-refractivity contribution is 0.514. The van der Waals surface area contributed by atoms with Crippen LogP contribution in [0.15, 0.2) is 122 Å². The molecule has 0 N–H and O–H groups in total. The largest absolute Gasteiger partial charge is 0.318 e. The maximum atomic E-state index is 4.62. The van der Waals surface area contributed by atoms with Crippen LogP contribution in [-0.2, 0) is 5.54 Å². The average molecular weight is 362 g/mol. The minimum Gasteiger partial charge on any atom is -0.318 e. The minimum atomic E-state index is -0.517. The predicted octanol–water partition coefficient (Wildman–Crippen LogP) is 5.92. The Bertz CT molecular complexity index is 964. The maximum absolute atomic E-state index is 4.62. The van der Waals surface area contributed by atoms with Gasteiger partial charge in [0, 0.05) is 6.20 Å². The Labute approximate surface area is 166 Å². The molecule has 0 saturated heterocycles. The fourth-order valence-corrected chi connectivity index (χ4v) is 3.76. The van der Waals surface area contributed by atoms with E-state index in [-0.39, 0.29) is 0 Å². The minimum absolute atomic E-state index is 0.517. The molecule has 0 aliphatic rings. The standard InChI is InChI=1S/C26H22N2/c1-2-3-19-25-20-28(21-27-25)26(22-13-7-4-8-14-22,23-15-9-5-10-16-23)24-17-11-6-12-18-24/h2-21H,1H2/b19-3+. The van der Waals surface area contributed by atoms with E-state index in [0.29, 0.717) is 0 Å². The van der Waals surface area contributed by atoms with E-state index in [4.69, 9.17) is 0 Å². The molecule has 0 bridgehead atoms. The van der Waals surface area contributed by atoms with Crippen LogP contribution >= 0.6 is 0 Å². The molecule has 0 unspecified atom stereocenters. The van der Waals surface area contributed by atoms with Crippen LogP contribution in [0.5, 0.6) is 0 Å². The Morgan fingerprint density at radius 2 is 1.18 bits per heavy atom. The number of nitrogens with zero attached hydrogens (tertiary/aromatic N) is 2. The highest BCUT2D eigenvalue weighted by molar-refractivity contribution is 5.52. The summed E-state index contributed by atoms with van der Waals surface area (Å²) in [4.78, 5) is 4.62. The molecule has 1 heterocycles. The van der Waals surface area contributed by atoms with E-state index >= 15 is 0 Å². The molecule has 0 fully saturated rings. The number of hydrogen-bond acceptors (Lipinski definition) is 1. The Morgan fingerprint density at radius 1 is 0.714 bits per heavy atom. The fraction of sp³-hybridized carbons (Fsp3) is 0.0385.